The van der Waals surface area contributed by atoms with Gasteiger partial charge in [0, 0.05) is 38.5 Å². The second-order valence-corrected chi connectivity index (χ2v) is 6.38. The van der Waals surface area contributed by atoms with Gasteiger partial charge in [0.1, 0.15) is 0 Å². The molecule has 0 unspecified atom stereocenters. The summed E-state index contributed by atoms with van der Waals surface area (Å²) in [5.41, 5.74) is 2.36. The van der Waals surface area contributed by atoms with Crippen LogP contribution in [0.1, 0.15) is 23.5 Å². The minimum absolute atomic E-state index is 0.0887. The van der Waals surface area contributed by atoms with E-state index in [9.17, 15) is 4.79 Å². The molecule has 1 aliphatic heterocycles. The fourth-order valence-electron chi connectivity index (χ4n) is 3.23. The summed E-state index contributed by atoms with van der Waals surface area (Å²) in [6.45, 7) is 5.06. The van der Waals surface area contributed by atoms with Gasteiger partial charge in [-0.3, -0.25) is 9.69 Å². The molecule has 0 spiro atoms. The Morgan fingerprint density at radius 1 is 0.960 bits per heavy atom. The van der Waals surface area contributed by atoms with Crippen LogP contribution in [0, 0.1) is 0 Å². The molecule has 1 fully saturated rings. The molecule has 1 saturated heterocycles. The number of carbonyl (C=O) groups excluding carboxylic acids is 1. The lowest BCUT2D eigenvalue weighted by atomic mass is 9.88. The van der Waals surface area contributed by atoms with Gasteiger partial charge < -0.3 is 10.1 Å². The summed E-state index contributed by atoms with van der Waals surface area (Å²) in [7, 11) is 0. The number of carbonyl (C=O) groups is 1. The van der Waals surface area contributed by atoms with Crippen LogP contribution in [0.25, 0.3) is 0 Å². The molecule has 4 nitrogen and oxygen atoms in total. The van der Waals surface area contributed by atoms with Crippen LogP contribution in [0.4, 0.5) is 0 Å². The molecular weight excluding hydrogens is 312 g/mol. The molecule has 0 radical (unpaired) electrons. The largest absolute Gasteiger partial charge is 0.379 e. The quantitative estimate of drug-likeness (QED) is 0.844. The average molecular weight is 338 g/mol. The van der Waals surface area contributed by atoms with Gasteiger partial charge in [0.15, 0.2) is 0 Å². The Morgan fingerprint density at radius 3 is 2.08 bits per heavy atom. The second-order valence-electron chi connectivity index (χ2n) is 6.38. The number of morpholine rings is 1. The number of nitrogens with zero attached hydrogens (tertiary/aromatic N) is 1. The molecule has 1 aliphatic rings. The van der Waals surface area contributed by atoms with E-state index in [2.05, 4.69) is 34.5 Å². The second kappa shape index (κ2) is 9.35. The van der Waals surface area contributed by atoms with Crippen LogP contribution in [0.15, 0.2) is 60.7 Å². The van der Waals surface area contributed by atoms with E-state index < -0.39 is 0 Å². The minimum Gasteiger partial charge on any atom is -0.379 e. The predicted octanol–water partition coefficient (Wildman–Crippen LogP) is 2.66. The Hall–Kier alpha value is -2.17. The zero-order valence-electron chi connectivity index (χ0n) is 14.6. The molecule has 25 heavy (non-hydrogen) atoms. The molecule has 0 atom stereocenters. The van der Waals surface area contributed by atoms with Crippen molar-refractivity contribution in [1.82, 2.24) is 10.2 Å². The third kappa shape index (κ3) is 5.41. The molecule has 3 rings (SSSR count). The van der Waals surface area contributed by atoms with Crippen LogP contribution in [0.3, 0.4) is 0 Å². The summed E-state index contributed by atoms with van der Waals surface area (Å²) in [5, 5.41) is 3.08. The number of nitrogens with one attached hydrogen (secondary N) is 1. The van der Waals surface area contributed by atoms with Gasteiger partial charge in [0.2, 0.25) is 5.91 Å². The predicted molar refractivity (Wildman–Crippen MR) is 99.6 cm³/mol. The Labute approximate surface area is 149 Å². The standard InChI is InChI=1S/C21H26N2O2/c24-21(22-11-12-23-13-15-25-16-14-23)17-20(18-7-3-1-4-8-18)19-9-5-2-6-10-19/h1-10,20H,11-17H2,(H,22,24). The molecule has 0 bridgehead atoms. The van der Waals surface area contributed by atoms with Gasteiger partial charge in [-0.15, -0.1) is 0 Å². The molecule has 2 aromatic rings. The fourth-order valence-corrected chi connectivity index (χ4v) is 3.23. The van der Waals surface area contributed by atoms with Gasteiger partial charge in [-0.1, -0.05) is 60.7 Å². The Kier molecular flexibility index (Phi) is 6.60. The molecule has 2 aromatic carbocycles. The number of hydrogen-bond acceptors (Lipinski definition) is 3. The zero-order valence-corrected chi connectivity index (χ0v) is 14.6. The normalized spacial score (nSPS) is 15.2. The minimum atomic E-state index is 0.0887. The average Bonchev–Trinajstić information content (AvgIpc) is 2.68. The van der Waals surface area contributed by atoms with Crippen LogP contribution in [-0.4, -0.2) is 50.2 Å². The Balaban J connectivity index is 1.57. The molecule has 1 amide bonds. The Bertz CT molecular complexity index is 600. The van der Waals surface area contributed by atoms with Gasteiger partial charge in [-0.25, -0.2) is 0 Å². The molecule has 1 heterocycles. The lowest BCUT2D eigenvalue weighted by Gasteiger charge is -2.26. The summed E-state index contributed by atoms with van der Waals surface area (Å²) >= 11 is 0. The van der Waals surface area contributed by atoms with Crippen LogP contribution < -0.4 is 5.32 Å². The van der Waals surface area contributed by atoms with Crippen LogP contribution in [-0.2, 0) is 9.53 Å². The Morgan fingerprint density at radius 2 is 1.52 bits per heavy atom. The van der Waals surface area contributed by atoms with Crippen molar-refractivity contribution in [3.63, 3.8) is 0 Å². The molecular formula is C21H26N2O2. The maximum Gasteiger partial charge on any atom is 0.220 e. The van der Waals surface area contributed by atoms with Gasteiger partial charge in [-0.05, 0) is 11.1 Å². The van der Waals surface area contributed by atoms with Crippen LogP contribution >= 0.6 is 0 Å². The first-order chi connectivity index (χ1) is 12.3. The van der Waals surface area contributed by atoms with E-state index in [1.807, 2.05) is 36.4 Å². The maximum atomic E-state index is 12.5. The van der Waals surface area contributed by atoms with Crippen LogP contribution in [0.2, 0.25) is 0 Å². The molecule has 1 N–H and O–H groups in total. The summed E-state index contributed by atoms with van der Waals surface area (Å²) in [6, 6.07) is 20.5. The number of rotatable bonds is 7. The highest BCUT2D eigenvalue weighted by atomic mass is 16.5. The van der Waals surface area contributed by atoms with E-state index in [4.69, 9.17) is 4.74 Å². The van der Waals surface area contributed by atoms with Crippen molar-refractivity contribution in [2.24, 2.45) is 0 Å². The first-order valence-corrected chi connectivity index (χ1v) is 8.99. The third-order valence-corrected chi connectivity index (χ3v) is 4.65. The summed E-state index contributed by atoms with van der Waals surface area (Å²) < 4.78 is 5.35. The fraction of sp³-hybridized carbons (Fsp3) is 0.381. The lowest BCUT2D eigenvalue weighted by Crippen LogP contribution is -2.41. The van der Waals surface area contributed by atoms with Crippen molar-refractivity contribution in [2.75, 3.05) is 39.4 Å². The van der Waals surface area contributed by atoms with Gasteiger partial charge in [0.25, 0.3) is 0 Å². The van der Waals surface area contributed by atoms with E-state index in [-0.39, 0.29) is 11.8 Å². The highest BCUT2D eigenvalue weighted by Crippen LogP contribution is 2.27. The van der Waals surface area contributed by atoms with Gasteiger partial charge in [0.05, 0.1) is 13.2 Å². The molecule has 132 valence electrons. The van der Waals surface area contributed by atoms with E-state index in [0.717, 1.165) is 32.8 Å². The zero-order chi connectivity index (χ0) is 17.3. The summed E-state index contributed by atoms with van der Waals surface area (Å²) in [4.78, 5) is 14.8. The monoisotopic (exact) mass is 338 g/mol. The SMILES string of the molecule is O=C(CC(c1ccccc1)c1ccccc1)NCCN1CCOCC1. The summed E-state index contributed by atoms with van der Waals surface area (Å²) in [5.74, 6) is 0.191. The highest BCUT2D eigenvalue weighted by molar-refractivity contribution is 5.77. The van der Waals surface area contributed by atoms with Gasteiger partial charge >= 0.3 is 0 Å². The molecule has 4 heteroatoms. The van der Waals surface area contributed by atoms with Crippen molar-refractivity contribution in [3.05, 3.63) is 71.8 Å². The van der Waals surface area contributed by atoms with Crippen molar-refractivity contribution >= 4 is 5.91 Å². The first-order valence-electron chi connectivity index (χ1n) is 8.99. The van der Waals surface area contributed by atoms with E-state index in [1.54, 1.807) is 0 Å². The van der Waals surface area contributed by atoms with Crippen molar-refractivity contribution < 1.29 is 9.53 Å². The topological polar surface area (TPSA) is 41.6 Å². The number of hydrogen-bond donors (Lipinski definition) is 1. The molecule has 0 saturated carbocycles. The third-order valence-electron chi connectivity index (χ3n) is 4.65. The van der Waals surface area contributed by atoms with E-state index in [0.29, 0.717) is 13.0 Å². The first kappa shape index (κ1) is 17.6. The van der Waals surface area contributed by atoms with Crippen molar-refractivity contribution in [2.45, 2.75) is 12.3 Å². The van der Waals surface area contributed by atoms with Crippen molar-refractivity contribution in [3.8, 4) is 0 Å². The smallest absolute Gasteiger partial charge is 0.220 e. The molecule has 0 aliphatic carbocycles. The number of amides is 1. The number of benzene rings is 2. The summed E-state index contributed by atoms with van der Waals surface area (Å²) in [6.07, 6.45) is 0.469. The number of ether oxygens (including phenoxy) is 1. The van der Waals surface area contributed by atoms with Crippen LogP contribution in [0.5, 0.6) is 0 Å². The lowest BCUT2D eigenvalue weighted by molar-refractivity contribution is -0.121. The highest BCUT2D eigenvalue weighted by Gasteiger charge is 2.18. The van der Waals surface area contributed by atoms with E-state index in [1.165, 1.54) is 11.1 Å². The van der Waals surface area contributed by atoms with Crippen molar-refractivity contribution in [1.29, 1.82) is 0 Å². The maximum absolute atomic E-state index is 12.5. The van der Waals surface area contributed by atoms with Gasteiger partial charge in [-0.2, -0.15) is 0 Å². The van der Waals surface area contributed by atoms with E-state index >= 15 is 0 Å². The molecule has 0 aromatic heterocycles.